The van der Waals surface area contributed by atoms with Crippen LogP contribution in [0.1, 0.15) is 4.88 Å². The van der Waals surface area contributed by atoms with Gasteiger partial charge in [-0.1, -0.05) is 53.5 Å². The molecule has 0 radical (unpaired) electrons. The van der Waals surface area contributed by atoms with Gasteiger partial charge in [0.1, 0.15) is 0 Å². The van der Waals surface area contributed by atoms with Crippen molar-refractivity contribution in [3.05, 3.63) is 74.9 Å². The molecule has 0 aliphatic carbocycles. The van der Waals surface area contributed by atoms with Gasteiger partial charge in [0.15, 0.2) is 0 Å². The molecule has 0 bridgehead atoms. The summed E-state index contributed by atoms with van der Waals surface area (Å²) in [5, 5.41) is 6.80. The fourth-order valence-electron chi connectivity index (χ4n) is 2.07. The Kier molecular flexibility index (Phi) is 4.49. The zero-order valence-electron chi connectivity index (χ0n) is 11.1. The monoisotopic (exact) mass is 333 g/mol. The molecule has 1 heterocycles. The Balaban J connectivity index is 1.70. The summed E-state index contributed by atoms with van der Waals surface area (Å²) in [5.41, 5.74) is 3.39. The first-order valence-electron chi connectivity index (χ1n) is 6.54. The minimum atomic E-state index is 0.641. The van der Waals surface area contributed by atoms with Crippen LogP contribution < -0.4 is 5.32 Å². The lowest BCUT2D eigenvalue weighted by atomic mass is 10.1. The van der Waals surface area contributed by atoms with E-state index >= 15 is 0 Å². The molecule has 0 aliphatic heterocycles. The van der Waals surface area contributed by atoms with E-state index < -0.39 is 0 Å². The van der Waals surface area contributed by atoms with Crippen LogP contribution in [0.3, 0.4) is 0 Å². The molecule has 0 spiro atoms. The van der Waals surface area contributed by atoms with Crippen molar-refractivity contribution in [1.82, 2.24) is 0 Å². The Labute approximate surface area is 138 Å². The number of halogens is 2. The van der Waals surface area contributed by atoms with E-state index in [1.807, 2.05) is 18.2 Å². The number of hydrogen-bond acceptors (Lipinski definition) is 2. The quantitative estimate of drug-likeness (QED) is 0.587. The van der Waals surface area contributed by atoms with Gasteiger partial charge < -0.3 is 5.32 Å². The Morgan fingerprint density at radius 3 is 2.48 bits per heavy atom. The Hall–Kier alpha value is -1.48. The van der Waals surface area contributed by atoms with Gasteiger partial charge in [-0.25, -0.2) is 0 Å². The molecule has 2 aromatic carbocycles. The van der Waals surface area contributed by atoms with Crippen LogP contribution in [-0.2, 0) is 6.54 Å². The van der Waals surface area contributed by atoms with Crippen LogP contribution in [0.4, 0.5) is 5.69 Å². The Morgan fingerprint density at radius 2 is 1.71 bits per heavy atom. The summed E-state index contributed by atoms with van der Waals surface area (Å²) >= 11 is 13.8. The summed E-state index contributed by atoms with van der Waals surface area (Å²) in [7, 11) is 0. The van der Waals surface area contributed by atoms with E-state index in [4.69, 9.17) is 23.2 Å². The van der Waals surface area contributed by atoms with Gasteiger partial charge in [-0.05, 0) is 40.8 Å². The molecule has 4 heteroatoms. The second kappa shape index (κ2) is 6.52. The number of thiophene rings is 1. The second-order valence-corrected chi connectivity index (χ2v) is 6.48. The van der Waals surface area contributed by atoms with Crippen LogP contribution in [0, 0.1) is 0 Å². The van der Waals surface area contributed by atoms with E-state index in [1.165, 1.54) is 16.0 Å². The lowest BCUT2D eigenvalue weighted by molar-refractivity contribution is 1.19. The minimum absolute atomic E-state index is 0.641. The number of anilines is 1. The highest BCUT2D eigenvalue weighted by molar-refractivity contribution is 7.10. The van der Waals surface area contributed by atoms with Crippen LogP contribution in [0.25, 0.3) is 11.1 Å². The molecule has 0 aliphatic rings. The van der Waals surface area contributed by atoms with Gasteiger partial charge in [0.05, 0.1) is 10.7 Å². The van der Waals surface area contributed by atoms with Crippen molar-refractivity contribution in [2.45, 2.75) is 6.54 Å². The summed E-state index contributed by atoms with van der Waals surface area (Å²) in [6.45, 7) is 0.749. The molecule has 3 aromatic rings. The average Bonchev–Trinajstić information content (AvgIpc) is 2.96. The molecule has 0 saturated carbocycles. The van der Waals surface area contributed by atoms with Gasteiger partial charge >= 0.3 is 0 Å². The minimum Gasteiger partial charge on any atom is -0.379 e. The van der Waals surface area contributed by atoms with Crippen molar-refractivity contribution in [1.29, 1.82) is 0 Å². The van der Waals surface area contributed by atoms with Crippen molar-refractivity contribution >= 4 is 40.2 Å². The SMILES string of the molecule is Clc1ccc(NCc2cc(-c3ccccc3)cs2)c(Cl)c1. The molecule has 1 aromatic heterocycles. The van der Waals surface area contributed by atoms with Crippen molar-refractivity contribution in [2.24, 2.45) is 0 Å². The third kappa shape index (κ3) is 3.59. The van der Waals surface area contributed by atoms with Gasteiger partial charge in [0, 0.05) is 16.4 Å². The summed E-state index contributed by atoms with van der Waals surface area (Å²) in [4.78, 5) is 1.26. The molecular formula is C17H13Cl2NS. The van der Waals surface area contributed by atoms with Gasteiger partial charge in [-0.15, -0.1) is 11.3 Å². The molecule has 0 unspecified atom stereocenters. The van der Waals surface area contributed by atoms with E-state index in [9.17, 15) is 0 Å². The standard InChI is InChI=1S/C17H13Cl2NS/c18-14-6-7-17(16(19)9-14)20-10-15-8-13(11-21-15)12-4-2-1-3-5-12/h1-9,11,20H,10H2. The smallest absolute Gasteiger partial charge is 0.0652 e. The van der Waals surface area contributed by atoms with Crippen molar-refractivity contribution < 1.29 is 0 Å². The summed E-state index contributed by atoms with van der Waals surface area (Å²) in [6.07, 6.45) is 0. The zero-order valence-corrected chi connectivity index (χ0v) is 13.5. The van der Waals surface area contributed by atoms with Crippen LogP contribution in [0.15, 0.2) is 60.0 Å². The maximum absolute atomic E-state index is 6.15. The van der Waals surface area contributed by atoms with Gasteiger partial charge in [-0.3, -0.25) is 0 Å². The van der Waals surface area contributed by atoms with E-state index in [1.54, 1.807) is 17.4 Å². The molecule has 106 valence electrons. The van der Waals surface area contributed by atoms with Crippen LogP contribution in [0.2, 0.25) is 10.0 Å². The molecule has 3 rings (SSSR count). The predicted molar refractivity (Wildman–Crippen MR) is 93.5 cm³/mol. The average molecular weight is 334 g/mol. The highest BCUT2D eigenvalue weighted by atomic mass is 35.5. The first kappa shape index (κ1) is 14.5. The summed E-state index contributed by atoms with van der Waals surface area (Å²) < 4.78 is 0. The van der Waals surface area contributed by atoms with Crippen molar-refractivity contribution in [2.75, 3.05) is 5.32 Å². The normalized spacial score (nSPS) is 10.6. The van der Waals surface area contributed by atoms with Crippen LogP contribution in [-0.4, -0.2) is 0 Å². The largest absolute Gasteiger partial charge is 0.379 e. The molecule has 0 atom stereocenters. The van der Waals surface area contributed by atoms with Crippen LogP contribution >= 0.6 is 34.5 Å². The zero-order chi connectivity index (χ0) is 14.7. The molecule has 1 nitrogen and oxygen atoms in total. The first-order chi connectivity index (χ1) is 10.2. The third-order valence-corrected chi connectivity index (χ3v) is 4.63. The van der Waals surface area contributed by atoms with E-state index in [0.29, 0.717) is 10.0 Å². The maximum atomic E-state index is 6.15. The van der Waals surface area contributed by atoms with Crippen molar-refractivity contribution in [3.8, 4) is 11.1 Å². The van der Waals surface area contributed by atoms with Gasteiger partial charge in [-0.2, -0.15) is 0 Å². The summed E-state index contributed by atoms with van der Waals surface area (Å²) in [6, 6.07) is 18.1. The lowest BCUT2D eigenvalue weighted by Crippen LogP contribution is -1.97. The predicted octanol–water partition coefficient (Wildman–Crippen LogP) is 6.33. The molecule has 0 saturated heterocycles. The van der Waals surface area contributed by atoms with E-state index in [0.717, 1.165) is 12.2 Å². The fraction of sp³-hybridized carbons (Fsp3) is 0.0588. The molecule has 0 fully saturated rings. The first-order valence-corrected chi connectivity index (χ1v) is 8.18. The number of nitrogens with one attached hydrogen (secondary N) is 1. The topological polar surface area (TPSA) is 12.0 Å². The van der Waals surface area contributed by atoms with E-state index in [2.05, 4.69) is 41.0 Å². The Morgan fingerprint density at radius 1 is 0.905 bits per heavy atom. The lowest BCUT2D eigenvalue weighted by Gasteiger charge is -2.07. The molecular weight excluding hydrogens is 321 g/mol. The number of rotatable bonds is 4. The number of hydrogen-bond donors (Lipinski definition) is 1. The summed E-state index contributed by atoms with van der Waals surface area (Å²) in [5.74, 6) is 0. The molecule has 1 N–H and O–H groups in total. The highest BCUT2D eigenvalue weighted by Gasteiger charge is 2.04. The molecule has 21 heavy (non-hydrogen) atoms. The van der Waals surface area contributed by atoms with Crippen LogP contribution in [0.5, 0.6) is 0 Å². The third-order valence-electron chi connectivity index (χ3n) is 3.15. The Bertz CT molecular complexity index is 738. The molecule has 0 amide bonds. The van der Waals surface area contributed by atoms with Crippen molar-refractivity contribution in [3.63, 3.8) is 0 Å². The number of benzene rings is 2. The maximum Gasteiger partial charge on any atom is 0.0652 e. The van der Waals surface area contributed by atoms with E-state index in [-0.39, 0.29) is 0 Å². The van der Waals surface area contributed by atoms with Gasteiger partial charge in [0.25, 0.3) is 0 Å². The van der Waals surface area contributed by atoms with Gasteiger partial charge in [0.2, 0.25) is 0 Å². The second-order valence-electron chi connectivity index (χ2n) is 4.65. The highest BCUT2D eigenvalue weighted by Crippen LogP contribution is 2.28. The fourth-order valence-corrected chi connectivity index (χ4v) is 3.38.